The zero-order valence-electron chi connectivity index (χ0n) is 12.2. The van der Waals surface area contributed by atoms with Crippen LogP contribution in [0.25, 0.3) is 11.0 Å². The van der Waals surface area contributed by atoms with Crippen LogP contribution in [0.3, 0.4) is 0 Å². The summed E-state index contributed by atoms with van der Waals surface area (Å²) < 4.78 is 1.93. The van der Waals surface area contributed by atoms with E-state index in [-0.39, 0.29) is 5.91 Å². The Morgan fingerprint density at radius 3 is 2.65 bits per heavy atom. The van der Waals surface area contributed by atoms with E-state index in [1.54, 1.807) is 0 Å². The lowest BCUT2D eigenvalue weighted by Crippen LogP contribution is -2.33. The molecule has 0 atom stereocenters. The first-order chi connectivity index (χ1) is 9.60. The summed E-state index contributed by atoms with van der Waals surface area (Å²) in [5.74, 6) is 1.15. The largest absolute Gasteiger partial charge is 0.342 e. The van der Waals surface area contributed by atoms with Gasteiger partial charge >= 0.3 is 0 Å². The Kier molecular flexibility index (Phi) is 4.65. The molecule has 1 aromatic carbocycles. The van der Waals surface area contributed by atoms with Crippen LogP contribution in [0.4, 0.5) is 0 Å². The molecule has 0 aliphatic rings. The van der Waals surface area contributed by atoms with Gasteiger partial charge in [-0.3, -0.25) is 4.79 Å². The van der Waals surface area contributed by atoms with E-state index in [1.807, 2.05) is 48.4 Å². The number of amides is 1. The first-order valence-electron chi connectivity index (χ1n) is 6.90. The number of nitrogens with zero attached hydrogens (tertiary/aromatic N) is 3. The van der Waals surface area contributed by atoms with Crippen LogP contribution >= 0.6 is 11.6 Å². The second-order valence-electron chi connectivity index (χ2n) is 4.81. The third kappa shape index (κ3) is 2.80. The van der Waals surface area contributed by atoms with Crippen LogP contribution in [0.2, 0.25) is 0 Å². The monoisotopic (exact) mass is 293 g/mol. The van der Waals surface area contributed by atoms with Crippen LogP contribution in [0, 0.1) is 6.92 Å². The maximum absolute atomic E-state index is 12.3. The molecule has 0 spiro atoms. The number of hydrogen-bond acceptors (Lipinski definition) is 2. The number of carbonyl (C=O) groups is 1. The molecular weight excluding hydrogens is 274 g/mol. The van der Waals surface area contributed by atoms with Crippen molar-refractivity contribution in [3.8, 4) is 0 Å². The lowest BCUT2D eigenvalue weighted by atomic mass is 10.2. The van der Waals surface area contributed by atoms with Gasteiger partial charge in [-0.15, -0.1) is 11.6 Å². The number of aryl methyl sites for hydroxylation is 1. The number of fused-ring (bicyclic) bond motifs is 1. The fraction of sp³-hybridized carbons (Fsp3) is 0.467. The Morgan fingerprint density at radius 1 is 1.35 bits per heavy atom. The maximum Gasteiger partial charge on any atom is 0.242 e. The van der Waals surface area contributed by atoms with Gasteiger partial charge in [0.25, 0.3) is 0 Å². The van der Waals surface area contributed by atoms with Crippen LogP contribution in [0.15, 0.2) is 18.2 Å². The minimum Gasteiger partial charge on any atom is -0.342 e. The van der Waals surface area contributed by atoms with Crippen molar-refractivity contribution >= 4 is 28.5 Å². The molecule has 1 aromatic heterocycles. The zero-order valence-corrected chi connectivity index (χ0v) is 12.9. The molecule has 0 N–H and O–H groups in total. The van der Waals surface area contributed by atoms with E-state index >= 15 is 0 Å². The number of imidazole rings is 1. The molecule has 0 fully saturated rings. The number of carbonyl (C=O) groups excluding carboxylic acids is 1. The van der Waals surface area contributed by atoms with Gasteiger partial charge in [-0.1, -0.05) is 6.07 Å². The number of alkyl halides is 1. The summed E-state index contributed by atoms with van der Waals surface area (Å²) in [6.07, 6.45) is 0. The number of aromatic nitrogens is 2. The van der Waals surface area contributed by atoms with Crippen molar-refractivity contribution in [2.45, 2.75) is 33.2 Å². The molecular formula is C15H20ClN3O. The summed E-state index contributed by atoms with van der Waals surface area (Å²) in [5.41, 5.74) is 3.01. The van der Waals surface area contributed by atoms with Crippen LogP contribution in [-0.4, -0.2) is 33.4 Å². The van der Waals surface area contributed by atoms with Crippen molar-refractivity contribution in [1.29, 1.82) is 0 Å². The molecule has 0 saturated heterocycles. The van der Waals surface area contributed by atoms with Crippen LogP contribution in [-0.2, 0) is 17.2 Å². The predicted octanol–water partition coefficient (Wildman–Crippen LogP) is 2.95. The van der Waals surface area contributed by atoms with Gasteiger partial charge in [-0.25, -0.2) is 4.98 Å². The smallest absolute Gasteiger partial charge is 0.242 e. The third-order valence-corrected chi connectivity index (χ3v) is 3.75. The number of benzene rings is 1. The summed E-state index contributed by atoms with van der Waals surface area (Å²) in [6, 6.07) is 6.04. The van der Waals surface area contributed by atoms with Gasteiger partial charge in [0.1, 0.15) is 12.4 Å². The average Bonchev–Trinajstić information content (AvgIpc) is 2.78. The highest BCUT2D eigenvalue weighted by molar-refractivity contribution is 6.16. The summed E-state index contributed by atoms with van der Waals surface area (Å²) >= 11 is 5.97. The van der Waals surface area contributed by atoms with Crippen molar-refractivity contribution < 1.29 is 4.79 Å². The van der Waals surface area contributed by atoms with E-state index in [9.17, 15) is 4.79 Å². The minimum absolute atomic E-state index is 0.0992. The van der Waals surface area contributed by atoms with Gasteiger partial charge in [0.15, 0.2) is 0 Å². The summed E-state index contributed by atoms with van der Waals surface area (Å²) in [4.78, 5) is 18.6. The van der Waals surface area contributed by atoms with E-state index < -0.39 is 0 Å². The molecule has 1 heterocycles. The number of halogens is 1. The lowest BCUT2D eigenvalue weighted by Gasteiger charge is -2.19. The van der Waals surface area contributed by atoms with Gasteiger partial charge in [0.2, 0.25) is 5.91 Å². The number of likely N-dealkylation sites (N-methyl/N-ethyl adjacent to an activating group) is 1. The topological polar surface area (TPSA) is 38.1 Å². The van der Waals surface area contributed by atoms with Crippen molar-refractivity contribution in [3.05, 3.63) is 29.6 Å². The Morgan fingerprint density at radius 2 is 2.05 bits per heavy atom. The molecule has 0 aliphatic carbocycles. The van der Waals surface area contributed by atoms with Gasteiger partial charge in [-0.2, -0.15) is 0 Å². The van der Waals surface area contributed by atoms with Gasteiger partial charge in [0.05, 0.1) is 16.9 Å². The van der Waals surface area contributed by atoms with Crippen molar-refractivity contribution in [2.24, 2.45) is 0 Å². The minimum atomic E-state index is 0.0992. The molecule has 0 saturated carbocycles. The Bertz CT molecular complexity index is 617. The molecule has 108 valence electrons. The summed E-state index contributed by atoms with van der Waals surface area (Å²) in [6.45, 7) is 7.74. The molecule has 20 heavy (non-hydrogen) atoms. The van der Waals surface area contributed by atoms with Crippen molar-refractivity contribution in [3.63, 3.8) is 0 Å². The Balaban J connectivity index is 2.41. The standard InChI is InChI=1S/C15H20ClN3O/c1-4-18(5-2)15(20)10-19-13-8-11(3)6-7-12(13)17-14(19)9-16/h6-8H,4-5,9-10H2,1-3H3. The molecule has 2 aromatic rings. The Labute approximate surface area is 124 Å². The van der Waals surface area contributed by atoms with E-state index in [0.29, 0.717) is 12.4 Å². The molecule has 0 aliphatic heterocycles. The quantitative estimate of drug-likeness (QED) is 0.795. The highest BCUT2D eigenvalue weighted by Gasteiger charge is 2.16. The normalized spacial score (nSPS) is 11.0. The number of hydrogen-bond donors (Lipinski definition) is 0. The third-order valence-electron chi connectivity index (χ3n) is 3.51. The average molecular weight is 294 g/mol. The molecule has 0 radical (unpaired) electrons. The van der Waals surface area contributed by atoms with E-state index in [0.717, 1.165) is 35.5 Å². The summed E-state index contributed by atoms with van der Waals surface area (Å²) in [7, 11) is 0. The SMILES string of the molecule is CCN(CC)C(=O)Cn1c(CCl)nc2ccc(C)cc21. The first kappa shape index (κ1) is 14.9. The molecule has 1 amide bonds. The summed E-state index contributed by atoms with van der Waals surface area (Å²) in [5, 5.41) is 0. The van der Waals surface area contributed by atoms with Crippen molar-refractivity contribution in [1.82, 2.24) is 14.5 Å². The van der Waals surface area contributed by atoms with Crippen LogP contribution in [0.1, 0.15) is 25.2 Å². The van der Waals surface area contributed by atoms with E-state index in [1.165, 1.54) is 0 Å². The van der Waals surface area contributed by atoms with E-state index in [2.05, 4.69) is 4.98 Å². The van der Waals surface area contributed by atoms with Gasteiger partial charge in [0, 0.05) is 13.1 Å². The zero-order chi connectivity index (χ0) is 14.7. The van der Waals surface area contributed by atoms with Crippen LogP contribution in [0.5, 0.6) is 0 Å². The highest BCUT2D eigenvalue weighted by atomic mass is 35.5. The molecule has 0 unspecified atom stereocenters. The van der Waals surface area contributed by atoms with E-state index in [4.69, 9.17) is 11.6 Å². The highest BCUT2D eigenvalue weighted by Crippen LogP contribution is 2.19. The lowest BCUT2D eigenvalue weighted by molar-refractivity contribution is -0.131. The first-order valence-corrected chi connectivity index (χ1v) is 7.43. The fourth-order valence-electron chi connectivity index (χ4n) is 2.37. The van der Waals surface area contributed by atoms with Crippen molar-refractivity contribution in [2.75, 3.05) is 13.1 Å². The predicted molar refractivity (Wildman–Crippen MR) is 82.0 cm³/mol. The number of rotatable bonds is 5. The second-order valence-corrected chi connectivity index (χ2v) is 5.07. The second kappa shape index (κ2) is 6.27. The molecule has 5 heteroatoms. The Hall–Kier alpha value is -1.55. The maximum atomic E-state index is 12.3. The van der Waals surface area contributed by atoms with Gasteiger partial charge < -0.3 is 9.47 Å². The molecule has 0 bridgehead atoms. The molecule has 2 rings (SSSR count). The molecule has 4 nitrogen and oxygen atoms in total. The van der Waals surface area contributed by atoms with Gasteiger partial charge in [-0.05, 0) is 38.5 Å². The van der Waals surface area contributed by atoms with Crippen LogP contribution < -0.4 is 0 Å². The fourth-order valence-corrected chi connectivity index (χ4v) is 2.58.